The Kier molecular flexibility index (Phi) is 2.88. The molecule has 0 aliphatic heterocycles. The fourth-order valence-corrected chi connectivity index (χ4v) is 2.08. The number of aryl methyl sites for hydroxylation is 2. The largest absolute Gasteiger partial charge is 0.331 e. The van der Waals surface area contributed by atoms with Crippen molar-refractivity contribution in [1.82, 2.24) is 9.55 Å². The van der Waals surface area contributed by atoms with E-state index in [4.69, 9.17) is 0 Å². The lowest BCUT2D eigenvalue weighted by Crippen LogP contribution is -1.89. The van der Waals surface area contributed by atoms with Gasteiger partial charge in [0.05, 0.1) is 16.7 Å². The predicted octanol–water partition coefficient (Wildman–Crippen LogP) is 3.63. The summed E-state index contributed by atoms with van der Waals surface area (Å²) in [6, 6.07) is 16.2. The quantitative estimate of drug-likeness (QED) is 0.638. The average Bonchev–Trinajstić information content (AvgIpc) is 2.73. The highest BCUT2D eigenvalue weighted by Gasteiger charge is 2.03. The number of hydrogen-bond donors (Lipinski definition) is 0. The van der Waals surface area contributed by atoms with Gasteiger partial charge in [-0.15, -0.1) is 0 Å². The Balaban J connectivity index is 1.96. The summed E-state index contributed by atoms with van der Waals surface area (Å²) in [4.78, 5) is 9.01. The molecule has 0 bridgehead atoms. The van der Waals surface area contributed by atoms with Crippen molar-refractivity contribution < 1.29 is 0 Å². The molecule has 3 aromatic rings. The molecule has 0 saturated heterocycles. The van der Waals surface area contributed by atoms with Crippen molar-refractivity contribution in [3.05, 3.63) is 59.9 Å². The molecular weight excluding hydrogens is 234 g/mol. The van der Waals surface area contributed by atoms with Crippen molar-refractivity contribution >= 4 is 22.9 Å². The second-order valence-electron chi connectivity index (χ2n) is 4.56. The van der Waals surface area contributed by atoms with Crippen molar-refractivity contribution in [3.8, 4) is 0 Å². The summed E-state index contributed by atoms with van der Waals surface area (Å²) in [6.07, 6.45) is 1.87. The summed E-state index contributed by atoms with van der Waals surface area (Å²) in [6.45, 7) is 2.01. The van der Waals surface area contributed by atoms with Gasteiger partial charge in [-0.1, -0.05) is 30.3 Å². The van der Waals surface area contributed by atoms with Gasteiger partial charge < -0.3 is 4.57 Å². The van der Waals surface area contributed by atoms with Crippen LogP contribution in [0, 0.1) is 6.92 Å². The summed E-state index contributed by atoms with van der Waals surface area (Å²) < 4.78 is 2.08. The number of aliphatic imine (C=N–C) groups is 1. The van der Waals surface area contributed by atoms with Crippen LogP contribution in [0.4, 0.5) is 5.69 Å². The minimum Gasteiger partial charge on any atom is -0.331 e. The minimum atomic E-state index is 0.925. The third kappa shape index (κ3) is 2.27. The van der Waals surface area contributed by atoms with Crippen LogP contribution < -0.4 is 0 Å². The van der Waals surface area contributed by atoms with E-state index in [-0.39, 0.29) is 0 Å². The van der Waals surface area contributed by atoms with E-state index in [0.717, 1.165) is 28.1 Å². The van der Waals surface area contributed by atoms with E-state index in [1.54, 1.807) is 0 Å². The molecule has 0 aliphatic rings. The Morgan fingerprint density at radius 1 is 1.11 bits per heavy atom. The molecule has 0 atom stereocenters. The van der Waals surface area contributed by atoms with Gasteiger partial charge in [0, 0.05) is 13.3 Å². The van der Waals surface area contributed by atoms with Gasteiger partial charge >= 0.3 is 0 Å². The zero-order valence-electron chi connectivity index (χ0n) is 11.0. The first kappa shape index (κ1) is 11.7. The molecule has 94 valence electrons. The molecule has 0 radical (unpaired) electrons. The lowest BCUT2D eigenvalue weighted by atomic mass is 10.2. The third-order valence-electron chi connectivity index (χ3n) is 3.25. The molecule has 3 heteroatoms. The first-order valence-electron chi connectivity index (χ1n) is 6.26. The second-order valence-corrected chi connectivity index (χ2v) is 4.56. The molecule has 3 rings (SSSR count). The van der Waals surface area contributed by atoms with E-state index in [0.29, 0.717) is 0 Å². The topological polar surface area (TPSA) is 30.2 Å². The highest BCUT2D eigenvalue weighted by molar-refractivity contribution is 5.84. The van der Waals surface area contributed by atoms with Crippen LogP contribution in [0.15, 0.2) is 53.5 Å². The summed E-state index contributed by atoms with van der Waals surface area (Å²) in [5.41, 5.74) is 4.15. The molecule has 19 heavy (non-hydrogen) atoms. The maximum atomic E-state index is 4.52. The Bertz CT molecular complexity index is 739. The second kappa shape index (κ2) is 4.69. The minimum absolute atomic E-state index is 0.925. The normalized spacial score (nSPS) is 11.5. The molecule has 1 heterocycles. The van der Waals surface area contributed by atoms with Gasteiger partial charge in [0.2, 0.25) is 0 Å². The first-order chi connectivity index (χ1) is 9.24. The van der Waals surface area contributed by atoms with Crippen LogP contribution in [0.25, 0.3) is 11.0 Å². The number of imidazole rings is 1. The van der Waals surface area contributed by atoms with Crippen molar-refractivity contribution in [3.63, 3.8) is 0 Å². The van der Waals surface area contributed by atoms with E-state index < -0.39 is 0 Å². The number of aromatic nitrogens is 2. The van der Waals surface area contributed by atoms with Crippen LogP contribution >= 0.6 is 0 Å². The summed E-state index contributed by atoms with van der Waals surface area (Å²) >= 11 is 0. The number of hydrogen-bond acceptors (Lipinski definition) is 2. The third-order valence-corrected chi connectivity index (χ3v) is 3.25. The van der Waals surface area contributed by atoms with Crippen molar-refractivity contribution in [1.29, 1.82) is 0 Å². The molecule has 0 amide bonds. The molecule has 0 spiro atoms. The van der Waals surface area contributed by atoms with Crippen molar-refractivity contribution in [2.24, 2.45) is 12.0 Å². The average molecular weight is 249 g/mol. The van der Waals surface area contributed by atoms with Crippen LogP contribution in [0.5, 0.6) is 0 Å². The molecule has 0 N–H and O–H groups in total. The smallest absolute Gasteiger partial charge is 0.106 e. The number of benzene rings is 2. The van der Waals surface area contributed by atoms with Crippen LogP contribution in [0.2, 0.25) is 0 Å². The van der Waals surface area contributed by atoms with Crippen molar-refractivity contribution in [2.75, 3.05) is 0 Å². The summed E-state index contributed by atoms with van der Waals surface area (Å²) in [5.74, 6) is 1.01. The Morgan fingerprint density at radius 2 is 1.89 bits per heavy atom. The van der Waals surface area contributed by atoms with Gasteiger partial charge in [-0.05, 0) is 30.7 Å². The monoisotopic (exact) mass is 249 g/mol. The standard InChI is InChI=1S/C16H15N3/c1-12-18-15-10-14(8-9-16(15)19(12)2)17-11-13-6-4-3-5-7-13/h3-11H,1-2H3. The molecular formula is C16H15N3. The predicted molar refractivity (Wildman–Crippen MR) is 79.1 cm³/mol. The van der Waals surface area contributed by atoms with Gasteiger partial charge in [-0.25, -0.2) is 4.98 Å². The van der Waals surface area contributed by atoms with Gasteiger partial charge in [-0.3, -0.25) is 4.99 Å². The summed E-state index contributed by atoms with van der Waals surface area (Å²) in [5, 5.41) is 0. The van der Waals surface area contributed by atoms with E-state index >= 15 is 0 Å². The van der Waals surface area contributed by atoms with Gasteiger partial charge in [0.1, 0.15) is 5.82 Å². The number of rotatable bonds is 2. The van der Waals surface area contributed by atoms with Crippen molar-refractivity contribution in [2.45, 2.75) is 6.92 Å². The highest BCUT2D eigenvalue weighted by Crippen LogP contribution is 2.21. The molecule has 0 fully saturated rings. The summed E-state index contributed by atoms with van der Waals surface area (Å²) in [7, 11) is 2.03. The first-order valence-corrected chi connectivity index (χ1v) is 6.26. The molecule has 0 unspecified atom stereocenters. The Hall–Kier alpha value is -2.42. The zero-order chi connectivity index (χ0) is 13.2. The van der Waals surface area contributed by atoms with E-state index in [9.17, 15) is 0 Å². The van der Waals surface area contributed by atoms with Gasteiger partial charge in [-0.2, -0.15) is 0 Å². The van der Waals surface area contributed by atoms with E-state index in [2.05, 4.69) is 20.6 Å². The number of nitrogens with zero attached hydrogens (tertiary/aromatic N) is 3. The molecule has 0 saturated carbocycles. The molecule has 1 aromatic heterocycles. The van der Waals surface area contributed by atoms with Crippen LogP contribution in [-0.2, 0) is 7.05 Å². The van der Waals surface area contributed by atoms with Crippen LogP contribution in [0.3, 0.4) is 0 Å². The lowest BCUT2D eigenvalue weighted by molar-refractivity contribution is 0.886. The number of fused-ring (bicyclic) bond motifs is 1. The maximum absolute atomic E-state index is 4.52. The van der Waals surface area contributed by atoms with Gasteiger partial charge in [0.25, 0.3) is 0 Å². The molecule has 2 aromatic carbocycles. The molecule has 0 aliphatic carbocycles. The lowest BCUT2D eigenvalue weighted by Gasteiger charge is -1.97. The highest BCUT2D eigenvalue weighted by atomic mass is 15.0. The fraction of sp³-hybridized carbons (Fsp3) is 0.125. The van der Waals surface area contributed by atoms with E-state index in [1.807, 2.05) is 62.7 Å². The SMILES string of the molecule is Cc1nc2cc(N=Cc3ccccc3)ccc2n1C. The van der Waals surface area contributed by atoms with Crippen LogP contribution in [0.1, 0.15) is 11.4 Å². The van der Waals surface area contributed by atoms with Crippen LogP contribution in [-0.4, -0.2) is 15.8 Å². The fourth-order valence-electron chi connectivity index (χ4n) is 2.08. The zero-order valence-corrected chi connectivity index (χ0v) is 11.0. The molecule has 3 nitrogen and oxygen atoms in total. The van der Waals surface area contributed by atoms with E-state index in [1.165, 1.54) is 0 Å². The Labute approximate surface area is 112 Å². The van der Waals surface area contributed by atoms with Gasteiger partial charge in [0.15, 0.2) is 0 Å². The Morgan fingerprint density at radius 3 is 2.68 bits per heavy atom. The maximum Gasteiger partial charge on any atom is 0.106 e.